The highest BCUT2D eigenvalue weighted by molar-refractivity contribution is 5.92. The number of aliphatic hydroxyl groups is 1. The summed E-state index contributed by atoms with van der Waals surface area (Å²) in [6.45, 7) is 7.71. The molecule has 1 fully saturated rings. The Morgan fingerprint density at radius 2 is 2.14 bits per heavy atom. The molecule has 2 heterocycles. The Labute approximate surface area is 132 Å². The van der Waals surface area contributed by atoms with Crippen molar-refractivity contribution in [1.29, 1.82) is 0 Å². The van der Waals surface area contributed by atoms with Gasteiger partial charge in [-0.15, -0.1) is 0 Å². The van der Waals surface area contributed by atoms with Crippen molar-refractivity contribution in [3.63, 3.8) is 0 Å². The van der Waals surface area contributed by atoms with Gasteiger partial charge in [0.25, 0.3) is 5.91 Å². The summed E-state index contributed by atoms with van der Waals surface area (Å²) in [5.41, 5.74) is 1.56. The molecule has 124 valence electrons. The summed E-state index contributed by atoms with van der Waals surface area (Å²) < 4.78 is 1.78. The van der Waals surface area contributed by atoms with Gasteiger partial charge < -0.3 is 15.3 Å². The molecule has 2 N–H and O–H groups in total. The number of hydrogen-bond donors (Lipinski definition) is 2. The van der Waals surface area contributed by atoms with E-state index in [1.807, 2.05) is 13.1 Å². The Morgan fingerprint density at radius 3 is 2.73 bits per heavy atom. The highest BCUT2D eigenvalue weighted by atomic mass is 16.3. The SMILES string of the molecule is CC(C)c1cc(C(=O)NCCCN2CCC(O)CC2)nn1C. The number of aromatic nitrogens is 2. The highest BCUT2D eigenvalue weighted by Gasteiger charge is 2.17. The number of carbonyl (C=O) groups excluding carboxylic acids is 1. The number of nitrogens with zero attached hydrogens (tertiary/aromatic N) is 3. The van der Waals surface area contributed by atoms with E-state index >= 15 is 0 Å². The van der Waals surface area contributed by atoms with Crippen LogP contribution in [-0.2, 0) is 7.05 Å². The second-order valence-electron chi connectivity index (χ2n) is 6.42. The molecule has 0 unspecified atom stereocenters. The summed E-state index contributed by atoms with van der Waals surface area (Å²) in [4.78, 5) is 14.4. The molecule has 1 saturated heterocycles. The normalized spacial score (nSPS) is 17.1. The van der Waals surface area contributed by atoms with Gasteiger partial charge in [-0.25, -0.2) is 0 Å². The van der Waals surface area contributed by atoms with Crippen LogP contribution in [-0.4, -0.2) is 58.0 Å². The van der Waals surface area contributed by atoms with Gasteiger partial charge in [-0.2, -0.15) is 5.10 Å². The lowest BCUT2D eigenvalue weighted by atomic mass is 10.1. The zero-order valence-electron chi connectivity index (χ0n) is 13.9. The number of aliphatic hydroxyl groups excluding tert-OH is 1. The van der Waals surface area contributed by atoms with E-state index in [2.05, 4.69) is 29.2 Å². The third kappa shape index (κ3) is 4.55. The minimum Gasteiger partial charge on any atom is -0.393 e. The van der Waals surface area contributed by atoms with Crippen LogP contribution in [0.2, 0.25) is 0 Å². The molecular weight excluding hydrogens is 280 g/mol. The van der Waals surface area contributed by atoms with E-state index in [0.717, 1.165) is 44.6 Å². The lowest BCUT2D eigenvalue weighted by Gasteiger charge is -2.29. The number of amides is 1. The molecule has 0 radical (unpaired) electrons. The van der Waals surface area contributed by atoms with E-state index in [9.17, 15) is 9.90 Å². The molecule has 1 aliphatic rings. The molecule has 6 heteroatoms. The second-order valence-corrected chi connectivity index (χ2v) is 6.42. The Kier molecular flexibility index (Phi) is 5.97. The average molecular weight is 308 g/mol. The van der Waals surface area contributed by atoms with E-state index in [4.69, 9.17) is 0 Å². The molecule has 0 bridgehead atoms. The van der Waals surface area contributed by atoms with E-state index in [-0.39, 0.29) is 12.0 Å². The van der Waals surface area contributed by atoms with Gasteiger partial charge in [0, 0.05) is 32.4 Å². The number of aryl methyl sites for hydroxylation is 1. The summed E-state index contributed by atoms with van der Waals surface area (Å²) in [5.74, 6) is 0.255. The molecule has 0 atom stereocenters. The van der Waals surface area contributed by atoms with Crippen LogP contribution in [0.1, 0.15) is 55.2 Å². The Hall–Kier alpha value is -1.40. The molecule has 2 rings (SSSR count). The smallest absolute Gasteiger partial charge is 0.271 e. The number of nitrogens with one attached hydrogen (secondary N) is 1. The van der Waals surface area contributed by atoms with Crippen LogP contribution in [0.25, 0.3) is 0 Å². The van der Waals surface area contributed by atoms with Crippen molar-refractivity contribution in [2.45, 2.75) is 45.1 Å². The molecule has 22 heavy (non-hydrogen) atoms. The molecule has 0 aliphatic carbocycles. The first-order valence-corrected chi connectivity index (χ1v) is 8.20. The summed E-state index contributed by atoms with van der Waals surface area (Å²) in [6, 6.07) is 1.87. The van der Waals surface area contributed by atoms with Gasteiger partial charge in [0.15, 0.2) is 0 Å². The first-order chi connectivity index (χ1) is 10.5. The van der Waals surface area contributed by atoms with E-state index in [0.29, 0.717) is 18.2 Å². The molecule has 0 saturated carbocycles. The summed E-state index contributed by atoms with van der Waals surface area (Å²) in [5, 5.41) is 16.7. The van der Waals surface area contributed by atoms with Crippen LogP contribution in [0.5, 0.6) is 0 Å². The van der Waals surface area contributed by atoms with Crippen molar-refractivity contribution in [3.8, 4) is 0 Å². The van der Waals surface area contributed by atoms with Gasteiger partial charge in [-0.1, -0.05) is 13.8 Å². The molecular formula is C16H28N4O2. The number of carbonyl (C=O) groups is 1. The van der Waals surface area contributed by atoms with E-state index < -0.39 is 0 Å². The van der Waals surface area contributed by atoms with Crippen molar-refractivity contribution in [2.75, 3.05) is 26.2 Å². The predicted octanol–water partition coefficient (Wildman–Crippen LogP) is 1.12. The lowest BCUT2D eigenvalue weighted by Crippen LogP contribution is -2.37. The Balaban J connectivity index is 1.70. The highest BCUT2D eigenvalue weighted by Crippen LogP contribution is 2.14. The molecule has 1 amide bonds. The molecule has 6 nitrogen and oxygen atoms in total. The van der Waals surface area contributed by atoms with Crippen LogP contribution in [0.3, 0.4) is 0 Å². The molecule has 1 aromatic heterocycles. The van der Waals surface area contributed by atoms with Crippen LogP contribution < -0.4 is 5.32 Å². The van der Waals surface area contributed by atoms with Crippen molar-refractivity contribution in [2.24, 2.45) is 7.05 Å². The predicted molar refractivity (Wildman–Crippen MR) is 85.9 cm³/mol. The van der Waals surface area contributed by atoms with Crippen LogP contribution in [0.15, 0.2) is 6.07 Å². The van der Waals surface area contributed by atoms with Crippen molar-refractivity contribution in [3.05, 3.63) is 17.5 Å². The minimum absolute atomic E-state index is 0.100. The van der Waals surface area contributed by atoms with Crippen molar-refractivity contribution in [1.82, 2.24) is 20.0 Å². The lowest BCUT2D eigenvalue weighted by molar-refractivity contribution is 0.0816. The van der Waals surface area contributed by atoms with Gasteiger partial charge in [-0.05, 0) is 37.8 Å². The zero-order chi connectivity index (χ0) is 16.1. The van der Waals surface area contributed by atoms with Crippen LogP contribution in [0.4, 0.5) is 0 Å². The Bertz CT molecular complexity index is 490. The second kappa shape index (κ2) is 7.74. The molecule has 1 aliphatic heterocycles. The summed E-state index contributed by atoms with van der Waals surface area (Å²) in [7, 11) is 1.87. The summed E-state index contributed by atoms with van der Waals surface area (Å²) in [6.07, 6.45) is 2.51. The standard InChI is InChI=1S/C16H28N4O2/c1-12(2)15-11-14(18-19(15)3)16(22)17-7-4-8-20-9-5-13(21)6-10-20/h11-13,21H,4-10H2,1-3H3,(H,17,22). The maximum Gasteiger partial charge on any atom is 0.271 e. The Morgan fingerprint density at radius 1 is 1.45 bits per heavy atom. The van der Waals surface area contributed by atoms with Crippen molar-refractivity contribution < 1.29 is 9.90 Å². The molecule has 0 aromatic carbocycles. The maximum atomic E-state index is 12.1. The largest absolute Gasteiger partial charge is 0.393 e. The number of piperidine rings is 1. The summed E-state index contributed by atoms with van der Waals surface area (Å²) >= 11 is 0. The van der Waals surface area contributed by atoms with Crippen LogP contribution >= 0.6 is 0 Å². The topological polar surface area (TPSA) is 70.4 Å². The third-order valence-corrected chi connectivity index (χ3v) is 4.23. The first kappa shape index (κ1) is 17.0. The van der Waals surface area contributed by atoms with E-state index in [1.54, 1.807) is 4.68 Å². The van der Waals surface area contributed by atoms with Gasteiger partial charge >= 0.3 is 0 Å². The average Bonchev–Trinajstić information content (AvgIpc) is 2.87. The number of hydrogen-bond acceptors (Lipinski definition) is 4. The quantitative estimate of drug-likeness (QED) is 0.773. The fourth-order valence-electron chi connectivity index (χ4n) is 2.87. The van der Waals surface area contributed by atoms with Crippen LogP contribution in [0, 0.1) is 0 Å². The van der Waals surface area contributed by atoms with Crippen molar-refractivity contribution >= 4 is 5.91 Å². The monoisotopic (exact) mass is 308 g/mol. The molecule has 0 spiro atoms. The third-order valence-electron chi connectivity index (χ3n) is 4.23. The fraction of sp³-hybridized carbons (Fsp3) is 0.750. The first-order valence-electron chi connectivity index (χ1n) is 8.20. The zero-order valence-corrected chi connectivity index (χ0v) is 13.9. The minimum atomic E-state index is -0.129. The fourth-order valence-corrected chi connectivity index (χ4v) is 2.87. The number of rotatable bonds is 6. The van der Waals surface area contributed by atoms with E-state index in [1.165, 1.54) is 0 Å². The molecule has 1 aromatic rings. The maximum absolute atomic E-state index is 12.1. The number of likely N-dealkylation sites (tertiary alicyclic amines) is 1. The van der Waals surface area contributed by atoms with Gasteiger partial charge in [-0.3, -0.25) is 9.48 Å². The van der Waals surface area contributed by atoms with Gasteiger partial charge in [0.2, 0.25) is 0 Å². The van der Waals surface area contributed by atoms with Gasteiger partial charge in [0.05, 0.1) is 6.10 Å². The van der Waals surface area contributed by atoms with Gasteiger partial charge in [0.1, 0.15) is 5.69 Å².